The Balaban J connectivity index is 1.70. The fourth-order valence-corrected chi connectivity index (χ4v) is 4.10. The second-order valence-corrected chi connectivity index (χ2v) is 9.08. The van der Waals surface area contributed by atoms with Crippen LogP contribution in [0.15, 0.2) is 83.8 Å². The zero-order chi connectivity index (χ0) is 21.8. The van der Waals surface area contributed by atoms with E-state index in [4.69, 9.17) is 0 Å². The summed E-state index contributed by atoms with van der Waals surface area (Å²) in [5, 5.41) is 13.4. The van der Waals surface area contributed by atoms with E-state index in [0.29, 0.717) is 22.3 Å². The maximum absolute atomic E-state index is 12.8. The van der Waals surface area contributed by atoms with Gasteiger partial charge in [-0.05, 0) is 31.2 Å². The molecule has 0 saturated heterocycles. The van der Waals surface area contributed by atoms with E-state index in [1.54, 1.807) is 42.5 Å². The van der Waals surface area contributed by atoms with Gasteiger partial charge in [0.15, 0.2) is 15.7 Å². The highest BCUT2D eigenvalue weighted by atomic mass is 32.2. The van der Waals surface area contributed by atoms with Crippen LogP contribution in [0, 0.1) is 6.92 Å². The van der Waals surface area contributed by atoms with Crippen LogP contribution in [0.3, 0.4) is 0 Å². The Labute approximate surface area is 180 Å². The summed E-state index contributed by atoms with van der Waals surface area (Å²) in [6.45, 7) is 1.90. The number of anilines is 1. The lowest BCUT2D eigenvalue weighted by molar-refractivity contribution is 0.515. The number of rotatable bonds is 6. The predicted molar refractivity (Wildman–Crippen MR) is 123 cm³/mol. The normalized spacial score (nSPS) is 12.1. The van der Waals surface area contributed by atoms with E-state index in [-0.39, 0.29) is 22.3 Å². The van der Waals surface area contributed by atoms with E-state index in [1.807, 2.05) is 43.3 Å². The number of nitrogens with one attached hydrogen (secondary N) is 1. The first-order chi connectivity index (χ1) is 14.9. The number of sulfone groups is 1. The Morgan fingerprint density at radius 2 is 1.52 bits per heavy atom. The van der Waals surface area contributed by atoms with Gasteiger partial charge in [0.25, 0.3) is 0 Å². The molecule has 0 unspecified atom stereocenters. The lowest BCUT2D eigenvalue weighted by atomic mass is 10.1. The minimum atomic E-state index is -3.59. The summed E-state index contributed by atoms with van der Waals surface area (Å²) >= 11 is 0. The monoisotopic (exact) mass is 431 g/mol. The Morgan fingerprint density at radius 3 is 2.19 bits per heavy atom. The molecule has 3 aromatic carbocycles. The highest BCUT2D eigenvalue weighted by Crippen LogP contribution is 2.23. The van der Waals surface area contributed by atoms with E-state index in [9.17, 15) is 13.5 Å². The van der Waals surface area contributed by atoms with Crippen molar-refractivity contribution >= 4 is 38.5 Å². The molecule has 4 aromatic rings. The zero-order valence-corrected chi connectivity index (χ0v) is 17.7. The molecule has 0 aliphatic heterocycles. The molecule has 31 heavy (non-hydrogen) atoms. The Bertz CT molecular complexity index is 1350. The smallest absolute Gasteiger partial charge is 0.196 e. The van der Waals surface area contributed by atoms with Gasteiger partial charge in [-0.3, -0.25) is 0 Å². The Hall–Kier alpha value is -3.71. The molecule has 1 heterocycles. The number of hydrogen-bond acceptors (Lipinski definition) is 6. The topological polar surface area (TPSA) is 92.2 Å². The lowest BCUT2D eigenvalue weighted by Crippen LogP contribution is -2.16. The van der Waals surface area contributed by atoms with Gasteiger partial charge in [0.2, 0.25) is 0 Å². The fourth-order valence-electron chi connectivity index (χ4n) is 3.06. The minimum Gasteiger partial charge on any atom is -0.507 e. The SMILES string of the molecule is Cc1ccc(S(=O)(=O)CNc2nc3ccccc3nc2/C=C(\O)c2ccccc2)cc1. The van der Waals surface area contributed by atoms with E-state index in [2.05, 4.69) is 15.3 Å². The molecule has 0 spiro atoms. The second kappa shape index (κ2) is 8.57. The van der Waals surface area contributed by atoms with Crippen LogP contribution in [0.5, 0.6) is 0 Å². The van der Waals surface area contributed by atoms with Crippen LogP contribution < -0.4 is 5.32 Å². The number of fused-ring (bicyclic) bond motifs is 1. The summed E-state index contributed by atoms with van der Waals surface area (Å²) in [7, 11) is -3.59. The maximum Gasteiger partial charge on any atom is 0.196 e. The molecule has 1 aromatic heterocycles. The quantitative estimate of drug-likeness (QED) is 0.425. The molecule has 0 fully saturated rings. The second-order valence-electron chi connectivity index (χ2n) is 7.09. The summed E-state index contributed by atoms with van der Waals surface area (Å²) in [6.07, 6.45) is 1.48. The van der Waals surface area contributed by atoms with Crippen LogP contribution >= 0.6 is 0 Å². The number of benzene rings is 3. The molecule has 0 saturated carbocycles. The average Bonchev–Trinajstić information content (AvgIpc) is 2.78. The van der Waals surface area contributed by atoms with Gasteiger partial charge in [-0.2, -0.15) is 0 Å². The molecule has 6 nitrogen and oxygen atoms in total. The van der Waals surface area contributed by atoms with Crippen LogP contribution in [0.2, 0.25) is 0 Å². The number of aryl methyl sites for hydroxylation is 1. The van der Waals surface area contributed by atoms with Crippen LogP contribution in [-0.4, -0.2) is 29.4 Å². The highest BCUT2D eigenvalue weighted by molar-refractivity contribution is 7.91. The molecule has 0 radical (unpaired) electrons. The summed E-state index contributed by atoms with van der Waals surface area (Å²) in [6, 6.07) is 23.0. The van der Waals surface area contributed by atoms with Crippen LogP contribution in [0.1, 0.15) is 16.8 Å². The summed E-state index contributed by atoms with van der Waals surface area (Å²) in [5.74, 6) is -0.0674. The van der Waals surface area contributed by atoms with Crippen LogP contribution in [0.4, 0.5) is 5.82 Å². The van der Waals surface area contributed by atoms with Crippen LogP contribution in [-0.2, 0) is 9.84 Å². The van der Waals surface area contributed by atoms with Gasteiger partial charge in [0, 0.05) is 11.6 Å². The first-order valence-electron chi connectivity index (χ1n) is 9.68. The minimum absolute atomic E-state index is 0.00891. The van der Waals surface area contributed by atoms with Crippen molar-refractivity contribution in [1.29, 1.82) is 0 Å². The molecule has 0 atom stereocenters. The number of aromatic nitrogens is 2. The van der Waals surface area contributed by atoms with Crippen molar-refractivity contribution in [2.75, 3.05) is 11.2 Å². The van der Waals surface area contributed by atoms with Crippen LogP contribution in [0.25, 0.3) is 22.9 Å². The van der Waals surface area contributed by atoms with Gasteiger partial charge >= 0.3 is 0 Å². The molecular formula is C24H21N3O3S. The first kappa shape index (κ1) is 20.6. The first-order valence-corrected chi connectivity index (χ1v) is 11.3. The molecule has 0 bridgehead atoms. The molecule has 7 heteroatoms. The molecule has 0 aliphatic carbocycles. The number of hydrogen-bond donors (Lipinski definition) is 2. The third kappa shape index (κ3) is 4.73. The Morgan fingerprint density at radius 1 is 0.903 bits per heavy atom. The van der Waals surface area contributed by atoms with Gasteiger partial charge in [-0.15, -0.1) is 0 Å². The molecule has 156 valence electrons. The van der Waals surface area contributed by atoms with Crippen molar-refractivity contribution in [3.8, 4) is 0 Å². The van der Waals surface area contributed by atoms with Crippen molar-refractivity contribution in [1.82, 2.24) is 9.97 Å². The van der Waals surface area contributed by atoms with E-state index in [1.165, 1.54) is 6.08 Å². The number of aliphatic hydroxyl groups is 1. The van der Waals surface area contributed by atoms with Crippen molar-refractivity contribution in [2.45, 2.75) is 11.8 Å². The van der Waals surface area contributed by atoms with Gasteiger partial charge in [0.05, 0.1) is 15.9 Å². The van der Waals surface area contributed by atoms with Gasteiger partial charge in [-0.1, -0.05) is 60.2 Å². The Kier molecular flexibility index (Phi) is 5.68. The third-order valence-electron chi connectivity index (χ3n) is 4.75. The lowest BCUT2D eigenvalue weighted by Gasteiger charge is -2.11. The van der Waals surface area contributed by atoms with E-state index >= 15 is 0 Å². The van der Waals surface area contributed by atoms with Crippen molar-refractivity contribution in [3.63, 3.8) is 0 Å². The predicted octanol–water partition coefficient (Wildman–Crippen LogP) is 4.84. The van der Waals surface area contributed by atoms with E-state index in [0.717, 1.165) is 5.56 Å². The number of para-hydroxylation sites is 2. The zero-order valence-electron chi connectivity index (χ0n) is 16.9. The molecular weight excluding hydrogens is 410 g/mol. The number of aliphatic hydroxyl groups excluding tert-OH is 1. The van der Waals surface area contributed by atoms with Gasteiger partial charge < -0.3 is 10.4 Å². The largest absolute Gasteiger partial charge is 0.507 e. The summed E-state index contributed by atoms with van der Waals surface area (Å²) < 4.78 is 25.5. The van der Waals surface area contributed by atoms with Crippen molar-refractivity contribution < 1.29 is 13.5 Å². The standard InChI is InChI=1S/C24H21N3O3S/c1-17-11-13-19(14-12-17)31(29,30)16-25-24-22(15-23(28)18-7-3-2-4-8-18)26-20-9-5-6-10-21(20)27-24/h2-15,28H,16H2,1H3,(H,25,27)/b23-15-. The van der Waals surface area contributed by atoms with Crippen molar-refractivity contribution in [2.24, 2.45) is 0 Å². The number of nitrogens with zero attached hydrogens (tertiary/aromatic N) is 2. The highest BCUT2D eigenvalue weighted by Gasteiger charge is 2.16. The molecule has 0 amide bonds. The molecule has 4 rings (SSSR count). The molecule has 0 aliphatic rings. The fraction of sp³-hybridized carbons (Fsp3) is 0.0833. The maximum atomic E-state index is 12.8. The third-order valence-corrected chi connectivity index (χ3v) is 6.27. The molecule has 2 N–H and O–H groups in total. The van der Waals surface area contributed by atoms with E-state index < -0.39 is 9.84 Å². The van der Waals surface area contributed by atoms with Gasteiger partial charge in [-0.25, -0.2) is 18.4 Å². The van der Waals surface area contributed by atoms with Gasteiger partial charge in [0.1, 0.15) is 17.3 Å². The summed E-state index contributed by atoms with van der Waals surface area (Å²) in [4.78, 5) is 9.33. The van der Waals surface area contributed by atoms with Crippen molar-refractivity contribution in [3.05, 3.63) is 95.7 Å². The average molecular weight is 432 g/mol. The summed E-state index contributed by atoms with van der Waals surface area (Å²) in [5.41, 5.74) is 3.21.